The van der Waals surface area contributed by atoms with Crippen LogP contribution in [0.15, 0.2) is 48.5 Å². The third kappa shape index (κ3) is 5.83. The minimum atomic E-state index is -0.272. The molecule has 0 heterocycles. The molecule has 2 aromatic rings. The van der Waals surface area contributed by atoms with Crippen LogP contribution in [0.3, 0.4) is 0 Å². The van der Waals surface area contributed by atoms with Crippen molar-refractivity contribution in [3.8, 4) is 11.5 Å². The fourth-order valence-corrected chi connectivity index (χ4v) is 2.00. The zero-order valence-electron chi connectivity index (χ0n) is 13.2. The quantitative estimate of drug-likeness (QED) is 0.817. The number of benzene rings is 2. The highest BCUT2D eigenvalue weighted by Crippen LogP contribution is 2.21. The highest BCUT2D eigenvalue weighted by Gasteiger charge is 2.07. The molecule has 0 unspecified atom stereocenters. The van der Waals surface area contributed by atoms with Crippen molar-refractivity contribution in [2.24, 2.45) is 5.92 Å². The van der Waals surface area contributed by atoms with Crippen LogP contribution in [0.4, 0.5) is 5.69 Å². The topological polar surface area (TPSA) is 47.6 Å². The third-order valence-corrected chi connectivity index (χ3v) is 3.24. The number of amides is 1. The Morgan fingerprint density at radius 3 is 2.48 bits per heavy atom. The number of halogens is 1. The van der Waals surface area contributed by atoms with Gasteiger partial charge in [0.2, 0.25) is 0 Å². The molecule has 0 spiro atoms. The van der Waals surface area contributed by atoms with Gasteiger partial charge in [0.1, 0.15) is 11.5 Å². The van der Waals surface area contributed by atoms with Crippen LogP contribution in [0.25, 0.3) is 0 Å². The van der Waals surface area contributed by atoms with Crippen LogP contribution in [-0.4, -0.2) is 19.1 Å². The zero-order chi connectivity index (χ0) is 16.7. The van der Waals surface area contributed by atoms with Crippen molar-refractivity contribution in [1.82, 2.24) is 0 Å². The molecule has 1 N–H and O–H groups in total. The molecule has 0 aliphatic carbocycles. The Labute approximate surface area is 141 Å². The number of hydrogen-bond acceptors (Lipinski definition) is 3. The summed E-state index contributed by atoms with van der Waals surface area (Å²) in [6.45, 7) is 4.70. The summed E-state index contributed by atoms with van der Waals surface area (Å²) in [5.74, 6) is 1.48. The number of carbonyl (C=O) groups is 1. The smallest absolute Gasteiger partial charge is 0.262 e. The van der Waals surface area contributed by atoms with Gasteiger partial charge in [0, 0.05) is 6.07 Å². The average Bonchev–Trinajstić information content (AvgIpc) is 2.54. The van der Waals surface area contributed by atoms with E-state index in [9.17, 15) is 4.79 Å². The number of hydrogen-bond donors (Lipinski definition) is 1. The standard InChI is InChI=1S/C18H20ClNO3/c1-13(2)11-22-14-6-5-7-15(10-14)23-12-18(21)20-17-9-4-3-8-16(17)19/h3-10,13H,11-12H2,1-2H3,(H,20,21). The van der Waals surface area contributed by atoms with Gasteiger partial charge < -0.3 is 14.8 Å². The largest absolute Gasteiger partial charge is 0.493 e. The Bertz CT molecular complexity index is 658. The predicted octanol–water partition coefficient (Wildman–Crippen LogP) is 4.39. The average molecular weight is 334 g/mol. The van der Waals surface area contributed by atoms with Crippen LogP contribution in [0, 0.1) is 5.92 Å². The second-order valence-electron chi connectivity index (χ2n) is 5.50. The van der Waals surface area contributed by atoms with Gasteiger partial charge in [-0.3, -0.25) is 4.79 Å². The van der Waals surface area contributed by atoms with Crippen LogP contribution in [0.1, 0.15) is 13.8 Å². The van der Waals surface area contributed by atoms with Gasteiger partial charge in [-0.15, -0.1) is 0 Å². The van der Waals surface area contributed by atoms with Crippen molar-refractivity contribution >= 4 is 23.2 Å². The first-order valence-electron chi connectivity index (χ1n) is 7.44. The second kappa shape index (κ2) is 8.44. The number of anilines is 1. The van der Waals surface area contributed by atoms with Crippen LogP contribution in [0.5, 0.6) is 11.5 Å². The van der Waals surface area contributed by atoms with Crippen molar-refractivity contribution in [2.45, 2.75) is 13.8 Å². The Kier molecular flexibility index (Phi) is 6.29. The molecule has 0 aromatic heterocycles. The number of ether oxygens (including phenoxy) is 2. The molecule has 2 aromatic carbocycles. The number of nitrogens with one attached hydrogen (secondary N) is 1. The first kappa shape index (κ1) is 17.2. The molecule has 0 saturated heterocycles. The van der Waals surface area contributed by atoms with Gasteiger partial charge >= 0.3 is 0 Å². The second-order valence-corrected chi connectivity index (χ2v) is 5.90. The molecule has 23 heavy (non-hydrogen) atoms. The fourth-order valence-electron chi connectivity index (χ4n) is 1.81. The summed E-state index contributed by atoms with van der Waals surface area (Å²) in [6.07, 6.45) is 0. The number of para-hydroxylation sites is 1. The maximum atomic E-state index is 11.9. The molecule has 0 atom stereocenters. The highest BCUT2D eigenvalue weighted by molar-refractivity contribution is 6.33. The van der Waals surface area contributed by atoms with E-state index in [1.54, 1.807) is 36.4 Å². The minimum Gasteiger partial charge on any atom is -0.493 e. The van der Waals surface area contributed by atoms with E-state index in [1.165, 1.54) is 0 Å². The summed E-state index contributed by atoms with van der Waals surface area (Å²) < 4.78 is 11.1. The molecule has 5 heteroatoms. The van der Waals surface area contributed by atoms with Crippen molar-refractivity contribution in [2.75, 3.05) is 18.5 Å². The summed E-state index contributed by atoms with van der Waals surface area (Å²) >= 11 is 5.99. The molecule has 0 aliphatic rings. The maximum Gasteiger partial charge on any atom is 0.262 e. The molecule has 4 nitrogen and oxygen atoms in total. The molecule has 0 saturated carbocycles. The molecule has 1 amide bonds. The van der Waals surface area contributed by atoms with E-state index in [0.717, 1.165) is 5.75 Å². The summed E-state index contributed by atoms with van der Waals surface area (Å²) in [5, 5.41) is 3.20. The maximum absolute atomic E-state index is 11.9. The minimum absolute atomic E-state index is 0.0984. The van der Waals surface area contributed by atoms with Crippen molar-refractivity contribution in [3.63, 3.8) is 0 Å². The summed E-state index contributed by atoms with van der Waals surface area (Å²) in [7, 11) is 0. The van der Waals surface area contributed by atoms with Crippen molar-refractivity contribution < 1.29 is 14.3 Å². The van der Waals surface area contributed by atoms with Gasteiger partial charge in [-0.25, -0.2) is 0 Å². The van der Waals surface area contributed by atoms with Gasteiger partial charge in [-0.2, -0.15) is 0 Å². The van der Waals surface area contributed by atoms with Crippen LogP contribution < -0.4 is 14.8 Å². The summed E-state index contributed by atoms with van der Waals surface area (Å²) in [6, 6.07) is 14.3. The van der Waals surface area contributed by atoms with E-state index in [2.05, 4.69) is 19.2 Å². The third-order valence-electron chi connectivity index (χ3n) is 2.91. The summed E-state index contributed by atoms with van der Waals surface area (Å²) in [4.78, 5) is 11.9. The highest BCUT2D eigenvalue weighted by atomic mass is 35.5. The van der Waals surface area contributed by atoms with Gasteiger partial charge in [0.05, 0.1) is 17.3 Å². The Morgan fingerprint density at radius 2 is 1.78 bits per heavy atom. The lowest BCUT2D eigenvalue weighted by Crippen LogP contribution is -2.20. The first-order chi connectivity index (χ1) is 11.0. The van der Waals surface area contributed by atoms with Gasteiger partial charge in [0.15, 0.2) is 6.61 Å². The van der Waals surface area contributed by atoms with Crippen LogP contribution in [-0.2, 0) is 4.79 Å². The number of rotatable bonds is 7. The van der Waals surface area contributed by atoms with Crippen LogP contribution >= 0.6 is 11.6 Å². The molecular formula is C18H20ClNO3. The fraction of sp³-hybridized carbons (Fsp3) is 0.278. The van der Waals surface area contributed by atoms with Crippen molar-refractivity contribution in [3.05, 3.63) is 53.6 Å². The van der Waals surface area contributed by atoms with E-state index >= 15 is 0 Å². The van der Waals surface area contributed by atoms with Crippen molar-refractivity contribution in [1.29, 1.82) is 0 Å². The molecule has 0 aliphatic heterocycles. The molecule has 2 rings (SSSR count). The first-order valence-corrected chi connectivity index (χ1v) is 7.82. The van der Waals surface area contributed by atoms with E-state index in [-0.39, 0.29) is 12.5 Å². The lowest BCUT2D eigenvalue weighted by molar-refractivity contribution is -0.118. The van der Waals surface area contributed by atoms with Gasteiger partial charge in [0.25, 0.3) is 5.91 Å². The van der Waals surface area contributed by atoms with Gasteiger partial charge in [-0.05, 0) is 30.2 Å². The molecule has 0 radical (unpaired) electrons. The predicted molar refractivity (Wildman–Crippen MR) is 92.4 cm³/mol. The van der Waals surface area contributed by atoms with E-state index in [4.69, 9.17) is 21.1 Å². The molecule has 122 valence electrons. The SMILES string of the molecule is CC(C)COc1cccc(OCC(=O)Nc2ccccc2Cl)c1. The molecule has 0 bridgehead atoms. The van der Waals surface area contributed by atoms with Gasteiger partial charge in [-0.1, -0.05) is 43.6 Å². The Hall–Kier alpha value is -2.20. The van der Waals surface area contributed by atoms with E-state index in [0.29, 0.717) is 29.0 Å². The lowest BCUT2D eigenvalue weighted by atomic mass is 10.2. The van der Waals surface area contributed by atoms with E-state index in [1.807, 2.05) is 12.1 Å². The van der Waals surface area contributed by atoms with Crippen LogP contribution in [0.2, 0.25) is 5.02 Å². The molecular weight excluding hydrogens is 314 g/mol. The van der Waals surface area contributed by atoms with E-state index < -0.39 is 0 Å². The Morgan fingerprint density at radius 1 is 1.09 bits per heavy atom. The Balaban J connectivity index is 1.86. The molecule has 0 fully saturated rings. The zero-order valence-corrected chi connectivity index (χ0v) is 14.0. The monoisotopic (exact) mass is 333 g/mol. The lowest BCUT2D eigenvalue weighted by Gasteiger charge is -2.11. The normalized spacial score (nSPS) is 10.4. The summed E-state index contributed by atoms with van der Waals surface area (Å²) in [5.41, 5.74) is 0.566. The number of carbonyl (C=O) groups excluding carboxylic acids is 1.